The van der Waals surface area contributed by atoms with Gasteiger partial charge in [-0.05, 0) is 31.2 Å². The maximum Gasteiger partial charge on any atom is 0.340 e. The van der Waals surface area contributed by atoms with Gasteiger partial charge in [0.15, 0.2) is 6.10 Å². The molecule has 0 spiro atoms. The van der Waals surface area contributed by atoms with Crippen LogP contribution in [0.2, 0.25) is 0 Å². The van der Waals surface area contributed by atoms with Crippen LogP contribution in [0.3, 0.4) is 0 Å². The number of anilines is 1. The summed E-state index contributed by atoms with van der Waals surface area (Å²) in [6.07, 6.45) is -1.09. The standard InChI is InChI=1S/C22H23N3O5S/c1-15(21(27)25-18-9-5-3-7-16(18)13-23)30-22(28)17-8-4-6-10-19(17)31-14-20(26)24-11-12-29-2/h3-10,15H,11-12,14H2,1-2H3,(H,24,26)(H,25,27). The smallest absolute Gasteiger partial charge is 0.340 e. The minimum atomic E-state index is -1.09. The van der Waals surface area contributed by atoms with Gasteiger partial charge in [-0.2, -0.15) is 5.26 Å². The number of thioether (sulfide) groups is 1. The molecule has 0 radical (unpaired) electrons. The Labute approximate surface area is 184 Å². The highest BCUT2D eigenvalue weighted by Crippen LogP contribution is 2.24. The largest absolute Gasteiger partial charge is 0.449 e. The molecule has 1 unspecified atom stereocenters. The van der Waals surface area contributed by atoms with Gasteiger partial charge in [-0.3, -0.25) is 9.59 Å². The lowest BCUT2D eigenvalue weighted by atomic mass is 10.2. The molecule has 0 aliphatic rings. The number of hydrogen-bond donors (Lipinski definition) is 2. The molecule has 8 nitrogen and oxygen atoms in total. The second-order valence-corrected chi connectivity index (χ2v) is 7.34. The highest BCUT2D eigenvalue weighted by molar-refractivity contribution is 8.00. The molecular weight excluding hydrogens is 418 g/mol. The van der Waals surface area contributed by atoms with Crippen LogP contribution in [-0.2, 0) is 19.1 Å². The molecule has 0 saturated heterocycles. The first-order valence-corrected chi connectivity index (χ1v) is 10.4. The van der Waals surface area contributed by atoms with Crippen LogP contribution in [0.15, 0.2) is 53.4 Å². The zero-order valence-corrected chi connectivity index (χ0v) is 18.0. The lowest BCUT2D eigenvalue weighted by Crippen LogP contribution is -2.30. The molecule has 2 amide bonds. The number of hydrogen-bond acceptors (Lipinski definition) is 7. The third-order valence-corrected chi connectivity index (χ3v) is 5.13. The van der Waals surface area contributed by atoms with Crippen LogP contribution in [0.25, 0.3) is 0 Å². The number of esters is 1. The number of nitrogens with one attached hydrogen (secondary N) is 2. The number of rotatable bonds is 10. The third-order valence-electron chi connectivity index (χ3n) is 4.05. The van der Waals surface area contributed by atoms with E-state index in [1.807, 2.05) is 6.07 Å². The molecule has 0 aliphatic carbocycles. The highest BCUT2D eigenvalue weighted by atomic mass is 32.2. The van der Waals surface area contributed by atoms with E-state index in [4.69, 9.17) is 14.7 Å². The van der Waals surface area contributed by atoms with Crippen molar-refractivity contribution in [1.82, 2.24) is 5.32 Å². The van der Waals surface area contributed by atoms with Crippen LogP contribution in [-0.4, -0.2) is 49.9 Å². The molecule has 2 N–H and O–H groups in total. The van der Waals surface area contributed by atoms with Gasteiger partial charge in [-0.15, -0.1) is 11.8 Å². The van der Waals surface area contributed by atoms with Crippen LogP contribution >= 0.6 is 11.8 Å². The molecular formula is C22H23N3O5S. The SMILES string of the molecule is COCCNC(=O)CSc1ccccc1C(=O)OC(C)C(=O)Nc1ccccc1C#N. The van der Waals surface area contributed by atoms with Crippen molar-refractivity contribution in [2.45, 2.75) is 17.9 Å². The summed E-state index contributed by atoms with van der Waals surface area (Å²) < 4.78 is 10.2. The number of ether oxygens (including phenoxy) is 2. The summed E-state index contributed by atoms with van der Waals surface area (Å²) in [4.78, 5) is 37.5. The van der Waals surface area contributed by atoms with Crippen molar-refractivity contribution in [2.24, 2.45) is 0 Å². The molecule has 0 aliphatic heterocycles. The Morgan fingerprint density at radius 2 is 1.84 bits per heavy atom. The summed E-state index contributed by atoms with van der Waals surface area (Å²) >= 11 is 1.19. The van der Waals surface area contributed by atoms with Gasteiger partial charge in [0.25, 0.3) is 5.91 Å². The summed E-state index contributed by atoms with van der Waals surface area (Å²) in [7, 11) is 1.55. The molecule has 1 atom stereocenters. The molecule has 0 heterocycles. The average molecular weight is 442 g/mol. The Morgan fingerprint density at radius 1 is 1.13 bits per heavy atom. The second-order valence-electron chi connectivity index (χ2n) is 6.32. The molecule has 162 valence electrons. The Kier molecular flexibility index (Phi) is 9.55. The number of nitrogens with zero attached hydrogens (tertiary/aromatic N) is 1. The zero-order valence-electron chi connectivity index (χ0n) is 17.2. The Bertz CT molecular complexity index is 974. The van der Waals surface area contributed by atoms with Crippen LogP contribution in [0, 0.1) is 11.3 Å². The fourth-order valence-electron chi connectivity index (χ4n) is 2.45. The van der Waals surface area contributed by atoms with Gasteiger partial charge in [0.1, 0.15) is 6.07 Å². The van der Waals surface area contributed by atoms with Gasteiger partial charge in [0, 0.05) is 18.6 Å². The van der Waals surface area contributed by atoms with Gasteiger partial charge in [0.2, 0.25) is 5.91 Å². The number of benzene rings is 2. The van der Waals surface area contributed by atoms with Crippen molar-refractivity contribution in [3.05, 3.63) is 59.7 Å². The number of para-hydroxylation sites is 1. The number of methoxy groups -OCH3 is 1. The quantitative estimate of drug-likeness (QED) is 0.331. The zero-order chi connectivity index (χ0) is 22.6. The van der Waals surface area contributed by atoms with Gasteiger partial charge in [-0.1, -0.05) is 24.3 Å². The first kappa shape index (κ1) is 23.9. The molecule has 2 aromatic carbocycles. The lowest BCUT2D eigenvalue weighted by molar-refractivity contribution is -0.123. The number of amides is 2. The molecule has 31 heavy (non-hydrogen) atoms. The second kappa shape index (κ2) is 12.4. The molecule has 0 fully saturated rings. The van der Waals surface area contributed by atoms with E-state index in [0.29, 0.717) is 29.3 Å². The van der Waals surface area contributed by atoms with Crippen LogP contribution < -0.4 is 10.6 Å². The van der Waals surface area contributed by atoms with Crippen molar-refractivity contribution in [2.75, 3.05) is 31.3 Å². The summed E-state index contributed by atoms with van der Waals surface area (Å²) in [6.45, 7) is 2.26. The molecule has 2 rings (SSSR count). The first-order valence-electron chi connectivity index (χ1n) is 9.44. The fraction of sp³-hybridized carbons (Fsp3) is 0.273. The minimum Gasteiger partial charge on any atom is -0.449 e. The predicted octanol–water partition coefficient (Wildman–Crippen LogP) is 2.60. The molecule has 0 bridgehead atoms. The summed E-state index contributed by atoms with van der Waals surface area (Å²) in [5.41, 5.74) is 0.905. The first-order chi connectivity index (χ1) is 15.0. The molecule has 9 heteroatoms. The topological polar surface area (TPSA) is 118 Å². The fourth-order valence-corrected chi connectivity index (χ4v) is 3.32. The van der Waals surface area contributed by atoms with Crippen LogP contribution in [0.4, 0.5) is 5.69 Å². The average Bonchev–Trinajstić information content (AvgIpc) is 2.78. The van der Waals surface area contributed by atoms with E-state index in [1.165, 1.54) is 18.7 Å². The summed E-state index contributed by atoms with van der Waals surface area (Å²) in [6, 6.07) is 15.2. The van der Waals surface area contributed by atoms with E-state index in [0.717, 1.165) is 0 Å². The number of carbonyl (C=O) groups excluding carboxylic acids is 3. The molecule has 0 aromatic heterocycles. The van der Waals surface area contributed by atoms with E-state index >= 15 is 0 Å². The Hall–Kier alpha value is -3.35. The Morgan fingerprint density at radius 3 is 2.58 bits per heavy atom. The number of carbonyl (C=O) groups is 3. The van der Waals surface area contributed by atoms with E-state index in [9.17, 15) is 14.4 Å². The van der Waals surface area contributed by atoms with E-state index in [-0.39, 0.29) is 17.2 Å². The van der Waals surface area contributed by atoms with Crippen molar-refractivity contribution in [3.63, 3.8) is 0 Å². The van der Waals surface area contributed by atoms with Crippen molar-refractivity contribution < 1.29 is 23.9 Å². The van der Waals surface area contributed by atoms with Gasteiger partial charge >= 0.3 is 5.97 Å². The Balaban J connectivity index is 1.97. The van der Waals surface area contributed by atoms with Crippen LogP contribution in [0.1, 0.15) is 22.8 Å². The third kappa shape index (κ3) is 7.44. The van der Waals surface area contributed by atoms with E-state index in [1.54, 1.807) is 55.6 Å². The summed E-state index contributed by atoms with van der Waals surface area (Å²) in [5.74, 6) is -1.30. The van der Waals surface area contributed by atoms with E-state index in [2.05, 4.69) is 10.6 Å². The van der Waals surface area contributed by atoms with Gasteiger partial charge in [0.05, 0.1) is 29.2 Å². The van der Waals surface area contributed by atoms with Gasteiger partial charge in [-0.25, -0.2) is 4.79 Å². The van der Waals surface area contributed by atoms with Crippen molar-refractivity contribution >= 4 is 35.2 Å². The molecule has 2 aromatic rings. The lowest BCUT2D eigenvalue weighted by Gasteiger charge is -2.15. The highest BCUT2D eigenvalue weighted by Gasteiger charge is 2.22. The predicted molar refractivity (Wildman–Crippen MR) is 117 cm³/mol. The minimum absolute atomic E-state index is 0.120. The maximum atomic E-state index is 12.6. The maximum absolute atomic E-state index is 12.6. The van der Waals surface area contributed by atoms with E-state index < -0.39 is 18.0 Å². The monoisotopic (exact) mass is 441 g/mol. The van der Waals surface area contributed by atoms with Crippen LogP contribution in [0.5, 0.6) is 0 Å². The number of nitriles is 1. The van der Waals surface area contributed by atoms with Crippen molar-refractivity contribution in [3.8, 4) is 6.07 Å². The summed E-state index contributed by atoms with van der Waals surface area (Å²) in [5, 5.41) is 14.4. The van der Waals surface area contributed by atoms with Gasteiger partial charge < -0.3 is 20.1 Å². The normalized spacial score (nSPS) is 11.1. The van der Waals surface area contributed by atoms with Crippen molar-refractivity contribution in [1.29, 1.82) is 5.26 Å². The molecule has 0 saturated carbocycles.